The highest BCUT2D eigenvalue weighted by Crippen LogP contribution is 2.37. The Morgan fingerprint density at radius 3 is 2.46 bits per heavy atom. The predicted octanol–water partition coefficient (Wildman–Crippen LogP) is 3.96. The molecule has 2 aliphatic heterocycles. The van der Waals surface area contributed by atoms with Crippen molar-refractivity contribution in [3.05, 3.63) is 46.1 Å². The van der Waals surface area contributed by atoms with Crippen LogP contribution in [0, 0.1) is 5.92 Å². The van der Waals surface area contributed by atoms with Crippen molar-refractivity contribution >= 4 is 28.5 Å². The Balaban J connectivity index is 0.938. The molecule has 1 aromatic carbocycles. The van der Waals surface area contributed by atoms with Gasteiger partial charge >= 0.3 is 11.9 Å². The summed E-state index contributed by atoms with van der Waals surface area (Å²) in [6.45, 7) is 3.53. The molecule has 3 N–H and O–H groups in total. The third kappa shape index (κ3) is 6.73. The van der Waals surface area contributed by atoms with Crippen LogP contribution in [0.25, 0.3) is 11.0 Å². The van der Waals surface area contributed by atoms with Crippen LogP contribution in [0.5, 0.6) is 0 Å². The van der Waals surface area contributed by atoms with Crippen LogP contribution >= 0.6 is 0 Å². The van der Waals surface area contributed by atoms with E-state index in [1.807, 2.05) is 18.2 Å². The van der Waals surface area contributed by atoms with Crippen molar-refractivity contribution in [2.24, 2.45) is 13.0 Å². The molecule has 6 rings (SSSR count). The minimum Gasteiger partial charge on any atom is -0.396 e. The van der Waals surface area contributed by atoms with Gasteiger partial charge in [-0.25, -0.2) is 4.79 Å². The molecular formula is C32H42F3N7O4. The number of imide groups is 1. The number of halogens is 3. The van der Waals surface area contributed by atoms with E-state index in [1.54, 1.807) is 11.6 Å². The van der Waals surface area contributed by atoms with Crippen LogP contribution in [-0.2, 0) is 34.0 Å². The third-order valence-corrected chi connectivity index (χ3v) is 9.92. The minimum atomic E-state index is -4.54. The SMILES string of the molecule is Cn1c(=O)n(C2CCC(=O)NC2=O)c2cccc(CCCOC3CCN(CC4CCC(n5cc(N)c(C(F)(F)F)n5)CC4)CC3)c21. The largest absolute Gasteiger partial charge is 0.437 e. The first-order chi connectivity index (χ1) is 22.0. The number of fused-ring (bicyclic) bond motifs is 1. The highest BCUT2D eigenvalue weighted by molar-refractivity contribution is 6.00. The first-order valence-corrected chi connectivity index (χ1v) is 16.3. The van der Waals surface area contributed by atoms with Gasteiger partial charge in [0.25, 0.3) is 0 Å². The zero-order valence-corrected chi connectivity index (χ0v) is 26.1. The van der Waals surface area contributed by atoms with Crippen molar-refractivity contribution in [1.29, 1.82) is 0 Å². The quantitative estimate of drug-likeness (QED) is 0.266. The van der Waals surface area contributed by atoms with E-state index in [-0.39, 0.29) is 35.9 Å². The number of rotatable bonds is 9. The molecule has 14 heteroatoms. The molecule has 46 heavy (non-hydrogen) atoms. The fraction of sp³-hybridized carbons (Fsp3) is 0.625. The molecule has 2 aromatic heterocycles. The van der Waals surface area contributed by atoms with Crippen LogP contribution in [-0.4, -0.2) is 68.0 Å². The molecule has 1 unspecified atom stereocenters. The first-order valence-electron chi connectivity index (χ1n) is 16.3. The van der Waals surface area contributed by atoms with E-state index in [0.717, 1.165) is 82.1 Å². The van der Waals surface area contributed by atoms with Gasteiger partial charge in [0, 0.05) is 45.9 Å². The van der Waals surface area contributed by atoms with E-state index < -0.39 is 23.8 Å². The number of para-hydroxylation sites is 1. The molecule has 2 amide bonds. The summed E-state index contributed by atoms with van der Waals surface area (Å²) in [5, 5.41) is 6.10. The lowest BCUT2D eigenvalue weighted by atomic mass is 9.85. The molecule has 1 saturated carbocycles. The van der Waals surface area contributed by atoms with Gasteiger partial charge < -0.3 is 15.4 Å². The molecule has 2 saturated heterocycles. The summed E-state index contributed by atoms with van der Waals surface area (Å²) in [6, 6.07) is 5.01. The van der Waals surface area contributed by atoms with Crippen LogP contribution in [0.1, 0.15) is 81.1 Å². The monoisotopic (exact) mass is 645 g/mol. The number of benzene rings is 1. The molecule has 3 aromatic rings. The molecule has 1 aliphatic carbocycles. The van der Waals surface area contributed by atoms with Gasteiger partial charge in [-0.15, -0.1) is 0 Å². The van der Waals surface area contributed by atoms with Gasteiger partial charge in [-0.3, -0.25) is 28.7 Å². The lowest BCUT2D eigenvalue weighted by Crippen LogP contribution is -2.44. The van der Waals surface area contributed by atoms with Crippen molar-refractivity contribution in [2.75, 3.05) is 32.0 Å². The van der Waals surface area contributed by atoms with Gasteiger partial charge in [-0.1, -0.05) is 12.1 Å². The van der Waals surface area contributed by atoms with Crippen molar-refractivity contribution in [2.45, 2.75) is 88.6 Å². The Bertz CT molecular complexity index is 1630. The van der Waals surface area contributed by atoms with Crippen molar-refractivity contribution in [1.82, 2.24) is 29.1 Å². The third-order valence-electron chi connectivity index (χ3n) is 9.92. The number of nitrogen functional groups attached to an aromatic ring is 1. The number of imidazole rings is 1. The van der Waals surface area contributed by atoms with E-state index in [9.17, 15) is 27.6 Å². The number of ether oxygens (including phenoxy) is 1. The molecule has 1 atom stereocenters. The van der Waals surface area contributed by atoms with Gasteiger partial charge in [0.15, 0.2) is 5.69 Å². The van der Waals surface area contributed by atoms with Crippen LogP contribution < -0.4 is 16.7 Å². The Morgan fingerprint density at radius 1 is 1.04 bits per heavy atom. The molecule has 4 heterocycles. The summed E-state index contributed by atoms with van der Waals surface area (Å²) >= 11 is 0. The first kappa shape index (κ1) is 32.3. The van der Waals surface area contributed by atoms with Crippen molar-refractivity contribution in [3.8, 4) is 0 Å². The molecule has 0 bridgehead atoms. The fourth-order valence-electron chi connectivity index (χ4n) is 7.49. The number of hydrogen-bond donors (Lipinski definition) is 2. The van der Waals surface area contributed by atoms with E-state index in [4.69, 9.17) is 10.5 Å². The second kappa shape index (κ2) is 13.2. The second-order valence-corrected chi connectivity index (χ2v) is 13.0. The smallest absolute Gasteiger partial charge is 0.396 e. The number of nitrogens with two attached hydrogens (primary N) is 1. The number of nitrogens with one attached hydrogen (secondary N) is 1. The zero-order valence-electron chi connectivity index (χ0n) is 26.1. The highest BCUT2D eigenvalue weighted by atomic mass is 19.4. The highest BCUT2D eigenvalue weighted by Gasteiger charge is 2.38. The Hall–Kier alpha value is -3.65. The van der Waals surface area contributed by atoms with E-state index >= 15 is 0 Å². The number of piperidine rings is 2. The molecule has 250 valence electrons. The Kier molecular flexibility index (Phi) is 9.28. The number of alkyl halides is 3. The lowest BCUT2D eigenvalue weighted by molar-refractivity contribution is -0.141. The topological polar surface area (TPSA) is 129 Å². The summed E-state index contributed by atoms with van der Waals surface area (Å²) in [7, 11) is 1.72. The number of anilines is 1. The van der Waals surface area contributed by atoms with Crippen LogP contribution in [0.4, 0.5) is 18.9 Å². The second-order valence-electron chi connectivity index (χ2n) is 13.0. The summed E-state index contributed by atoms with van der Waals surface area (Å²) in [5.41, 5.74) is 6.52. The van der Waals surface area contributed by atoms with Crippen LogP contribution in [0.2, 0.25) is 0 Å². The lowest BCUT2D eigenvalue weighted by Gasteiger charge is -2.36. The average molecular weight is 646 g/mol. The number of hydrogen-bond acceptors (Lipinski definition) is 7. The van der Waals surface area contributed by atoms with E-state index in [1.165, 1.54) is 15.4 Å². The minimum absolute atomic E-state index is 0.0455. The van der Waals surface area contributed by atoms with Crippen molar-refractivity contribution < 1.29 is 27.5 Å². The van der Waals surface area contributed by atoms with E-state index in [0.29, 0.717) is 24.5 Å². The van der Waals surface area contributed by atoms with Crippen molar-refractivity contribution in [3.63, 3.8) is 0 Å². The van der Waals surface area contributed by atoms with Gasteiger partial charge in [-0.05, 0) is 75.3 Å². The Labute approximate surface area is 264 Å². The molecule has 11 nitrogen and oxygen atoms in total. The van der Waals surface area contributed by atoms with Gasteiger partial charge in [0.05, 0.1) is 28.9 Å². The summed E-state index contributed by atoms with van der Waals surface area (Å²) < 4.78 is 50.0. The maximum atomic E-state index is 13.2. The van der Waals surface area contributed by atoms with Crippen LogP contribution in [0.15, 0.2) is 29.2 Å². The Morgan fingerprint density at radius 2 is 1.78 bits per heavy atom. The predicted molar refractivity (Wildman–Crippen MR) is 165 cm³/mol. The molecule has 0 radical (unpaired) electrons. The maximum Gasteiger partial charge on any atom is 0.437 e. The summed E-state index contributed by atoms with van der Waals surface area (Å²) in [6.07, 6.45) is 4.45. The fourth-order valence-corrected chi connectivity index (χ4v) is 7.49. The summed E-state index contributed by atoms with van der Waals surface area (Å²) in [5.74, 6) is -0.231. The van der Waals surface area contributed by atoms with Gasteiger partial charge in [-0.2, -0.15) is 18.3 Å². The van der Waals surface area contributed by atoms with Gasteiger partial charge in [0.2, 0.25) is 11.8 Å². The van der Waals surface area contributed by atoms with Gasteiger partial charge in [0.1, 0.15) is 6.04 Å². The zero-order chi connectivity index (χ0) is 32.6. The molecular weight excluding hydrogens is 603 g/mol. The average Bonchev–Trinajstić information content (AvgIpc) is 3.54. The maximum absolute atomic E-state index is 13.2. The standard InChI is InChI=1S/C32H42F3N7O4/c1-39-28-21(4-2-6-25(28)42(31(39)45)26-11-12-27(43)37-30(26)44)5-3-17-46-23-13-15-40(16-14-23)18-20-7-9-22(10-8-20)41-19-24(36)29(38-41)32(33,34)35/h2,4,6,19-20,22-23,26H,3,5,7-18,36H2,1H3,(H,37,43,44). The number of nitrogens with zero attached hydrogens (tertiary/aromatic N) is 5. The number of amides is 2. The molecule has 3 fully saturated rings. The van der Waals surface area contributed by atoms with Crippen LogP contribution in [0.3, 0.4) is 0 Å². The number of aromatic nitrogens is 4. The molecule has 3 aliphatic rings. The number of carbonyl (C=O) groups excluding carboxylic acids is 2. The number of likely N-dealkylation sites (tertiary alicyclic amines) is 1. The molecule has 0 spiro atoms. The van der Waals surface area contributed by atoms with E-state index in [2.05, 4.69) is 15.3 Å². The number of aryl methyl sites for hydroxylation is 2. The normalized spacial score (nSPS) is 23.7. The summed E-state index contributed by atoms with van der Waals surface area (Å²) in [4.78, 5) is 39.8. The number of carbonyl (C=O) groups is 2.